The van der Waals surface area contributed by atoms with Crippen LogP contribution >= 0.6 is 0 Å². The van der Waals surface area contributed by atoms with E-state index in [1.165, 1.54) is 5.56 Å². The fraction of sp³-hybridized carbons (Fsp3) is 0.120. The summed E-state index contributed by atoms with van der Waals surface area (Å²) in [6.07, 6.45) is 3.39. The molecule has 0 aliphatic carbocycles. The van der Waals surface area contributed by atoms with Gasteiger partial charge in [-0.3, -0.25) is 0 Å². The summed E-state index contributed by atoms with van der Waals surface area (Å²) in [5.41, 5.74) is 15.0. The molecule has 0 heterocycles. The van der Waals surface area contributed by atoms with Crippen molar-refractivity contribution in [2.45, 2.75) is 20.4 Å². The highest BCUT2D eigenvalue weighted by atomic mass is 16.2. The maximum atomic E-state index is 12.1. The second kappa shape index (κ2) is 10.6. The average Bonchev–Trinajstić information content (AvgIpc) is 2.77. The molecular formula is C25H27N5O. The Bertz CT molecular complexity index is 1050. The average molecular weight is 414 g/mol. The van der Waals surface area contributed by atoms with E-state index >= 15 is 0 Å². The van der Waals surface area contributed by atoms with Crippen LogP contribution in [0.2, 0.25) is 0 Å². The number of urea groups is 1. The predicted octanol–water partition coefficient (Wildman–Crippen LogP) is 4.51. The molecular weight excluding hydrogens is 386 g/mol. The van der Waals surface area contributed by atoms with E-state index in [-0.39, 0.29) is 6.03 Å². The summed E-state index contributed by atoms with van der Waals surface area (Å²) >= 11 is 0. The highest BCUT2D eigenvalue weighted by Crippen LogP contribution is 2.19. The van der Waals surface area contributed by atoms with Crippen LogP contribution in [-0.2, 0) is 6.54 Å². The van der Waals surface area contributed by atoms with Gasteiger partial charge in [0.2, 0.25) is 0 Å². The van der Waals surface area contributed by atoms with Crippen LogP contribution < -0.4 is 21.8 Å². The normalized spacial score (nSPS) is 11.4. The first kappa shape index (κ1) is 21.6. The number of anilines is 1. The van der Waals surface area contributed by atoms with Gasteiger partial charge >= 0.3 is 6.03 Å². The van der Waals surface area contributed by atoms with Crippen LogP contribution in [0.5, 0.6) is 0 Å². The molecule has 0 aromatic heterocycles. The van der Waals surface area contributed by atoms with Crippen molar-refractivity contribution in [1.29, 1.82) is 0 Å². The maximum absolute atomic E-state index is 12.1. The van der Waals surface area contributed by atoms with Gasteiger partial charge in [-0.2, -0.15) is 5.10 Å². The van der Waals surface area contributed by atoms with Crippen molar-refractivity contribution in [2.24, 2.45) is 10.8 Å². The molecule has 6 heteroatoms. The minimum absolute atomic E-state index is 0.387. The molecule has 5 N–H and O–H groups in total. The molecule has 3 rings (SSSR count). The maximum Gasteiger partial charge on any atom is 0.339 e. The van der Waals surface area contributed by atoms with E-state index in [2.05, 4.69) is 33.3 Å². The summed E-state index contributed by atoms with van der Waals surface area (Å²) in [7, 11) is 0. The number of amides is 2. The number of nitrogens with two attached hydrogens (primary N) is 1. The first-order valence-electron chi connectivity index (χ1n) is 10.0. The number of benzene rings is 3. The minimum Gasteiger partial charge on any atom is -0.397 e. The summed E-state index contributed by atoms with van der Waals surface area (Å²) in [5, 5.41) is 10.1. The zero-order chi connectivity index (χ0) is 22.1. The fourth-order valence-electron chi connectivity index (χ4n) is 3.04. The largest absolute Gasteiger partial charge is 0.397 e. The van der Waals surface area contributed by atoms with Gasteiger partial charge in [0.25, 0.3) is 0 Å². The number of rotatable bonds is 7. The van der Waals surface area contributed by atoms with Crippen LogP contribution in [0.3, 0.4) is 0 Å². The van der Waals surface area contributed by atoms with Crippen LogP contribution in [0.25, 0.3) is 5.70 Å². The summed E-state index contributed by atoms with van der Waals surface area (Å²) in [4.78, 5) is 12.1. The Labute approximate surface area is 182 Å². The summed E-state index contributed by atoms with van der Waals surface area (Å²) in [6, 6.07) is 23.2. The molecule has 0 unspecified atom stereocenters. The second-order valence-corrected chi connectivity index (χ2v) is 7.18. The number of carbonyl (C=O) groups is 1. The Balaban J connectivity index is 1.51. The third kappa shape index (κ3) is 6.47. The van der Waals surface area contributed by atoms with Crippen molar-refractivity contribution < 1.29 is 4.79 Å². The van der Waals surface area contributed by atoms with E-state index < -0.39 is 0 Å². The molecule has 0 fully saturated rings. The SMILES string of the molecule is Cc1cccc(C)c1NC(=O)N/N=C/c1ccc(/C(N)=C/NCc2ccccc2)cc1. The van der Waals surface area contributed by atoms with Crippen LogP contribution in [0, 0.1) is 13.8 Å². The quantitative estimate of drug-likeness (QED) is 0.339. The van der Waals surface area contributed by atoms with E-state index in [1.807, 2.05) is 74.5 Å². The van der Waals surface area contributed by atoms with Crippen molar-refractivity contribution in [3.8, 4) is 0 Å². The van der Waals surface area contributed by atoms with Gasteiger partial charge in [-0.15, -0.1) is 0 Å². The predicted molar refractivity (Wildman–Crippen MR) is 128 cm³/mol. The van der Waals surface area contributed by atoms with Crippen LogP contribution in [0.4, 0.5) is 10.5 Å². The fourth-order valence-corrected chi connectivity index (χ4v) is 3.04. The molecule has 0 bridgehead atoms. The van der Waals surface area contributed by atoms with Crippen LogP contribution in [0.1, 0.15) is 27.8 Å². The molecule has 0 spiro atoms. The first-order chi connectivity index (χ1) is 15.0. The van der Waals surface area contributed by atoms with Gasteiger partial charge in [0.15, 0.2) is 0 Å². The van der Waals surface area contributed by atoms with Gasteiger partial charge in [-0.1, -0.05) is 72.8 Å². The van der Waals surface area contributed by atoms with E-state index in [4.69, 9.17) is 5.73 Å². The third-order valence-corrected chi connectivity index (χ3v) is 4.75. The lowest BCUT2D eigenvalue weighted by Gasteiger charge is -2.10. The molecule has 0 aliphatic heterocycles. The number of nitrogens with zero attached hydrogens (tertiary/aromatic N) is 1. The molecule has 6 nitrogen and oxygen atoms in total. The number of carbonyl (C=O) groups excluding carboxylic acids is 1. The number of para-hydroxylation sites is 1. The van der Waals surface area contributed by atoms with Crippen molar-refractivity contribution in [3.05, 3.63) is 107 Å². The summed E-state index contributed by atoms with van der Waals surface area (Å²) < 4.78 is 0. The lowest BCUT2D eigenvalue weighted by molar-refractivity contribution is 0.252. The minimum atomic E-state index is -0.387. The van der Waals surface area contributed by atoms with Gasteiger partial charge in [0.05, 0.1) is 11.9 Å². The van der Waals surface area contributed by atoms with Crippen molar-refractivity contribution in [3.63, 3.8) is 0 Å². The highest BCUT2D eigenvalue weighted by molar-refractivity contribution is 5.92. The molecule has 0 aliphatic rings. The Kier molecular flexibility index (Phi) is 7.43. The Morgan fingerprint density at radius 2 is 1.61 bits per heavy atom. The first-order valence-corrected chi connectivity index (χ1v) is 10.0. The number of nitrogens with one attached hydrogen (secondary N) is 3. The summed E-state index contributed by atoms with van der Waals surface area (Å²) in [5.74, 6) is 0. The molecule has 3 aromatic carbocycles. The molecule has 0 radical (unpaired) electrons. The number of aryl methyl sites for hydroxylation is 2. The molecule has 158 valence electrons. The molecule has 0 saturated carbocycles. The third-order valence-electron chi connectivity index (χ3n) is 4.75. The van der Waals surface area contributed by atoms with E-state index in [1.54, 1.807) is 12.4 Å². The number of hydrazone groups is 1. The number of hydrogen-bond donors (Lipinski definition) is 4. The molecule has 2 amide bonds. The molecule has 0 atom stereocenters. The summed E-state index contributed by atoms with van der Waals surface area (Å²) in [6.45, 7) is 4.61. The highest BCUT2D eigenvalue weighted by Gasteiger charge is 2.05. The molecule has 31 heavy (non-hydrogen) atoms. The van der Waals surface area contributed by atoms with Crippen LogP contribution in [-0.4, -0.2) is 12.2 Å². The lowest BCUT2D eigenvalue weighted by atomic mass is 10.1. The standard InChI is InChI=1S/C25H27N5O/c1-18-7-6-8-19(2)24(18)29-25(31)30-28-16-21-11-13-22(14-12-21)23(26)17-27-15-20-9-4-3-5-10-20/h3-14,16-17,27H,15,26H2,1-2H3,(H2,29,30,31)/b23-17-,28-16+. The van der Waals surface area contributed by atoms with E-state index in [9.17, 15) is 4.79 Å². The van der Waals surface area contributed by atoms with Gasteiger partial charge in [0.1, 0.15) is 0 Å². The smallest absolute Gasteiger partial charge is 0.339 e. The lowest BCUT2D eigenvalue weighted by Crippen LogP contribution is -2.25. The van der Waals surface area contributed by atoms with E-state index in [0.29, 0.717) is 12.2 Å². The monoisotopic (exact) mass is 413 g/mol. The van der Waals surface area contributed by atoms with Crippen molar-refractivity contribution >= 4 is 23.6 Å². The van der Waals surface area contributed by atoms with Gasteiger partial charge < -0.3 is 16.4 Å². The second-order valence-electron chi connectivity index (χ2n) is 7.18. The van der Waals surface area contributed by atoms with Crippen molar-refractivity contribution in [2.75, 3.05) is 5.32 Å². The van der Waals surface area contributed by atoms with Crippen LogP contribution in [0.15, 0.2) is 84.1 Å². The van der Waals surface area contributed by atoms with Gasteiger partial charge in [-0.25, -0.2) is 10.2 Å². The van der Waals surface area contributed by atoms with E-state index in [0.717, 1.165) is 27.9 Å². The van der Waals surface area contributed by atoms with Crippen molar-refractivity contribution in [1.82, 2.24) is 10.7 Å². The zero-order valence-electron chi connectivity index (χ0n) is 17.7. The molecule has 0 saturated heterocycles. The Morgan fingerprint density at radius 3 is 2.29 bits per heavy atom. The van der Waals surface area contributed by atoms with Gasteiger partial charge in [0, 0.05) is 18.4 Å². The topological polar surface area (TPSA) is 91.5 Å². The Morgan fingerprint density at radius 1 is 0.935 bits per heavy atom. The zero-order valence-corrected chi connectivity index (χ0v) is 17.7. The Hall–Kier alpha value is -4.06. The number of hydrogen-bond acceptors (Lipinski definition) is 4. The van der Waals surface area contributed by atoms with Gasteiger partial charge in [-0.05, 0) is 41.7 Å². The molecule has 3 aromatic rings.